The number of nitrogens with two attached hydrogens (primary N) is 1. The first-order chi connectivity index (χ1) is 12.6. The molecule has 0 saturated carbocycles. The number of esters is 1. The van der Waals surface area contributed by atoms with Gasteiger partial charge in [-0.25, -0.2) is 27.1 Å². The third-order valence-corrected chi connectivity index (χ3v) is 4.52. The van der Waals surface area contributed by atoms with Gasteiger partial charge in [0, 0.05) is 0 Å². The van der Waals surface area contributed by atoms with Crippen molar-refractivity contribution in [1.82, 2.24) is 5.32 Å². The van der Waals surface area contributed by atoms with Crippen LogP contribution in [-0.4, -0.2) is 26.9 Å². The Morgan fingerprint density at radius 3 is 2.19 bits per heavy atom. The molecule has 2 aromatic carbocycles. The van der Waals surface area contributed by atoms with E-state index in [9.17, 15) is 26.8 Å². The Hall–Kier alpha value is -2.85. The molecule has 2 rings (SSSR count). The van der Waals surface area contributed by atoms with E-state index in [2.05, 4.69) is 10.1 Å². The Morgan fingerprint density at radius 1 is 1.11 bits per heavy atom. The average Bonchev–Trinajstić information content (AvgIpc) is 2.59. The summed E-state index contributed by atoms with van der Waals surface area (Å²) in [5.74, 6) is -4.19. The second-order valence-electron chi connectivity index (χ2n) is 5.58. The summed E-state index contributed by atoms with van der Waals surface area (Å²) in [6, 6.07) is 7.84. The van der Waals surface area contributed by atoms with Crippen molar-refractivity contribution in [1.29, 1.82) is 0 Å². The number of ether oxygens (including phenoxy) is 1. The predicted molar refractivity (Wildman–Crippen MR) is 91.0 cm³/mol. The van der Waals surface area contributed by atoms with Crippen molar-refractivity contribution >= 4 is 21.9 Å². The van der Waals surface area contributed by atoms with Crippen LogP contribution in [0.2, 0.25) is 0 Å². The number of hydrogen-bond donors (Lipinski definition) is 2. The Labute approximate surface area is 154 Å². The number of benzene rings is 2. The highest BCUT2D eigenvalue weighted by atomic mass is 32.2. The number of carbonyl (C=O) groups is 2. The minimum Gasteiger partial charge on any atom is -0.452 e. The van der Waals surface area contributed by atoms with Gasteiger partial charge in [-0.2, -0.15) is 0 Å². The standard InChI is InChI=1S/C17H16F2N2O5S/c1-10(11-5-7-12(8-6-11)27(20,24)25)21-15(22)9-26-17(23)16-13(18)3-2-4-14(16)19/h2-8,10H,9H2,1H3,(H,21,22)(H2,20,24,25)/t10-/m0/s1. The number of primary sulfonamides is 1. The second kappa shape index (κ2) is 8.23. The highest BCUT2D eigenvalue weighted by Gasteiger charge is 2.20. The lowest BCUT2D eigenvalue weighted by Gasteiger charge is -2.15. The fraction of sp³-hybridized carbons (Fsp3) is 0.176. The van der Waals surface area contributed by atoms with E-state index in [-0.39, 0.29) is 4.90 Å². The maximum Gasteiger partial charge on any atom is 0.344 e. The van der Waals surface area contributed by atoms with E-state index in [0.29, 0.717) is 5.56 Å². The maximum absolute atomic E-state index is 13.5. The fourth-order valence-electron chi connectivity index (χ4n) is 2.21. The van der Waals surface area contributed by atoms with Crippen LogP contribution < -0.4 is 10.5 Å². The van der Waals surface area contributed by atoms with Gasteiger partial charge in [-0.3, -0.25) is 4.79 Å². The lowest BCUT2D eigenvalue weighted by Crippen LogP contribution is -2.31. The van der Waals surface area contributed by atoms with E-state index in [0.717, 1.165) is 18.2 Å². The van der Waals surface area contributed by atoms with Crippen molar-refractivity contribution in [3.05, 3.63) is 65.2 Å². The summed E-state index contributed by atoms with van der Waals surface area (Å²) in [5.41, 5.74) is -0.306. The largest absolute Gasteiger partial charge is 0.452 e. The number of amides is 1. The molecule has 0 unspecified atom stereocenters. The fourth-order valence-corrected chi connectivity index (χ4v) is 2.72. The van der Waals surface area contributed by atoms with Gasteiger partial charge in [-0.15, -0.1) is 0 Å². The van der Waals surface area contributed by atoms with Crippen LogP contribution in [0.25, 0.3) is 0 Å². The summed E-state index contributed by atoms with van der Waals surface area (Å²) in [5, 5.41) is 7.51. The summed E-state index contributed by atoms with van der Waals surface area (Å²) in [7, 11) is -3.83. The zero-order valence-corrected chi connectivity index (χ0v) is 14.9. The summed E-state index contributed by atoms with van der Waals surface area (Å²) >= 11 is 0. The molecule has 0 spiro atoms. The molecule has 0 bridgehead atoms. The van der Waals surface area contributed by atoms with Crippen molar-refractivity contribution in [2.24, 2.45) is 5.14 Å². The summed E-state index contributed by atoms with van der Waals surface area (Å²) in [4.78, 5) is 23.5. The van der Waals surface area contributed by atoms with Crippen LogP contribution in [-0.2, 0) is 19.6 Å². The normalized spacial score (nSPS) is 12.3. The number of nitrogens with one attached hydrogen (secondary N) is 1. The van der Waals surface area contributed by atoms with Crippen LogP contribution in [0.15, 0.2) is 47.4 Å². The number of halogens is 2. The second-order valence-corrected chi connectivity index (χ2v) is 7.14. The Morgan fingerprint density at radius 2 is 1.67 bits per heavy atom. The minimum absolute atomic E-state index is 0.0781. The van der Waals surface area contributed by atoms with Gasteiger partial charge < -0.3 is 10.1 Å². The van der Waals surface area contributed by atoms with Crippen molar-refractivity contribution in [3.8, 4) is 0 Å². The Bertz CT molecular complexity index is 942. The third kappa shape index (κ3) is 5.31. The Kier molecular flexibility index (Phi) is 6.24. The maximum atomic E-state index is 13.5. The topological polar surface area (TPSA) is 116 Å². The molecule has 1 atom stereocenters. The molecule has 3 N–H and O–H groups in total. The van der Waals surface area contributed by atoms with Crippen molar-refractivity contribution in [2.75, 3.05) is 6.61 Å². The van der Waals surface area contributed by atoms with Gasteiger partial charge in [0.05, 0.1) is 10.9 Å². The van der Waals surface area contributed by atoms with Gasteiger partial charge in [-0.05, 0) is 36.8 Å². The molecule has 0 aromatic heterocycles. The molecule has 0 fully saturated rings. The molecule has 1 amide bonds. The highest BCUT2D eigenvalue weighted by molar-refractivity contribution is 7.89. The predicted octanol–water partition coefficient (Wildman–Crippen LogP) is 1.65. The van der Waals surface area contributed by atoms with Gasteiger partial charge in [0.2, 0.25) is 10.0 Å². The van der Waals surface area contributed by atoms with E-state index >= 15 is 0 Å². The van der Waals surface area contributed by atoms with E-state index < -0.39 is 51.7 Å². The van der Waals surface area contributed by atoms with Crippen LogP contribution in [0.4, 0.5) is 8.78 Å². The van der Waals surface area contributed by atoms with Crippen molar-refractivity contribution < 1.29 is 31.5 Å². The van der Waals surface area contributed by atoms with Crippen LogP contribution >= 0.6 is 0 Å². The number of hydrogen-bond acceptors (Lipinski definition) is 5. The van der Waals surface area contributed by atoms with Crippen LogP contribution in [0.3, 0.4) is 0 Å². The Balaban J connectivity index is 1.94. The molecule has 144 valence electrons. The molecule has 2 aromatic rings. The van der Waals surface area contributed by atoms with Gasteiger partial charge in [0.15, 0.2) is 6.61 Å². The SMILES string of the molecule is C[C@H](NC(=O)COC(=O)c1c(F)cccc1F)c1ccc(S(N)(=O)=O)cc1. The molecule has 10 heteroatoms. The molecule has 0 heterocycles. The zero-order chi connectivity index (χ0) is 20.2. The first-order valence-corrected chi connectivity index (χ1v) is 9.17. The van der Waals surface area contributed by atoms with E-state index in [1.807, 2.05) is 0 Å². The van der Waals surface area contributed by atoms with Crippen LogP contribution in [0, 0.1) is 11.6 Å². The summed E-state index contributed by atoms with van der Waals surface area (Å²) < 4.78 is 54.0. The van der Waals surface area contributed by atoms with E-state index in [1.165, 1.54) is 24.3 Å². The van der Waals surface area contributed by atoms with Gasteiger partial charge in [0.1, 0.15) is 17.2 Å². The average molecular weight is 398 g/mol. The highest BCUT2D eigenvalue weighted by Crippen LogP contribution is 2.16. The first kappa shape index (κ1) is 20.5. The van der Waals surface area contributed by atoms with E-state index in [4.69, 9.17) is 5.14 Å². The molecule has 0 saturated heterocycles. The molecule has 7 nitrogen and oxygen atoms in total. The molecular weight excluding hydrogens is 382 g/mol. The number of sulfonamides is 1. The number of rotatable bonds is 6. The molecule has 0 aliphatic heterocycles. The molecule has 27 heavy (non-hydrogen) atoms. The quantitative estimate of drug-likeness (QED) is 0.718. The minimum atomic E-state index is -3.83. The molecule has 0 radical (unpaired) electrons. The summed E-state index contributed by atoms with van der Waals surface area (Å²) in [6.45, 7) is 0.869. The van der Waals surface area contributed by atoms with Crippen molar-refractivity contribution in [2.45, 2.75) is 17.9 Å². The first-order valence-electron chi connectivity index (χ1n) is 7.63. The van der Waals surface area contributed by atoms with E-state index in [1.54, 1.807) is 6.92 Å². The van der Waals surface area contributed by atoms with Gasteiger partial charge in [-0.1, -0.05) is 18.2 Å². The summed E-state index contributed by atoms with van der Waals surface area (Å²) in [6.07, 6.45) is 0. The van der Waals surface area contributed by atoms with Crippen molar-refractivity contribution in [3.63, 3.8) is 0 Å². The monoisotopic (exact) mass is 398 g/mol. The van der Waals surface area contributed by atoms with Gasteiger partial charge in [0.25, 0.3) is 5.91 Å². The molecular formula is C17H16F2N2O5S. The van der Waals surface area contributed by atoms with Crippen LogP contribution in [0.5, 0.6) is 0 Å². The van der Waals surface area contributed by atoms with Crippen LogP contribution in [0.1, 0.15) is 28.9 Å². The lowest BCUT2D eigenvalue weighted by molar-refractivity contribution is -0.124. The van der Waals surface area contributed by atoms with Gasteiger partial charge >= 0.3 is 5.97 Å². The number of carbonyl (C=O) groups excluding carboxylic acids is 2. The third-order valence-electron chi connectivity index (χ3n) is 3.59. The molecule has 0 aliphatic rings. The molecule has 0 aliphatic carbocycles. The smallest absolute Gasteiger partial charge is 0.344 e. The lowest BCUT2D eigenvalue weighted by atomic mass is 10.1. The zero-order valence-electron chi connectivity index (χ0n) is 14.1.